The first-order valence-electron chi connectivity index (χ1n) is 14.5. The highest BCUT2D eigenvalue weighted by atomic mass is 16.2. The first kappa shape index (κ1) is 28.8. The molecule has 4 amide bonds. The summed E-state index contributed by atoms with van der Waals surface area (Å²) in [6.45, 7) is 1.67. The van der Waals surface area contributed by atoms with Gasteiger partial charge in [0.05, 0.1) is 24.5 Å². The zero-order valence-electron chi connectivity index (χ0n) is 23.6. The maximum absolute atomic E-state index is 13.5. The second-order valence-electron chi connectivity index (χ2n) is 10.8. The normalized spacial score (nSPS) is 17.4. The molecule has 0 bridgehead atoms. The van der Waals surface area contributed by atoms with Crippen molar-refractivity contribution in [3.63, 3.8) is 0 Å². The van der Waals surface area contributed by atoms with Crippen LogP contribution in [0.2, 0.25) is 0 Å². The van der Waals surface area contributed by atoms with Crippen molar-refractivity contribution in [3.8, 4) is 6.07 Å². The molecule has 1 unspecified atom stereocenters. The number of nitriles is 1. The van der Waals surface area contributed by atoms with Crippen molar-refractivity contribution in [1.29, 1.82) is 5.26 Å². The van der Waals surface area contributed by atoms with Gasteiger partial charge in [0.25, 0.3) is 5.91 Å². The number of hydrogen-bond donors (Lipinski definition) is 2. The number of carbonyl (C=O) groups excluding carboxylic acids is 3. The van der Waals surface area contributed by atoms with Crippen LogP contribution >= 0.6 is 0 Å². The minimum atomic E-state index is -0.809. The van der Waals surface area contributed by atoms with E-state index in [4.69, 9.17) is 5.26 Å². The van der Waals surface area contributed by atoms with Crippen LogP contribution in [0.3, 0.4) is 0 Å². The molecule has 2 aromatic heterocycles. The number of carbonyl (C=O) groups is 3. The molecule has 2 N–H and O–H groups in total. The number of aromatic nitrogens is 3. The van der Waals surface area contributed by atoms with Gasteiger partial charge in [-0.15, -0.1) is 0 Å². The van der Waals surface area contributed by atoms with Gasteiger partial charge in [0.15, 0.2) is 0 Å². The van der Waals surface area contributed by atoms with Gasteiger partial charge in [-0.1, -0.05) is 31.4 Å². The Morgan fingerprint density at radius 2 is 1.74 bits per heavy atom. The molecule has 11 nitrogen and oxygen atoms in total. The van der Waals surface area contributed by atoms with Crippen molar-refractivity contribution < 1.29 is 14.4 Å². The van der Waals surface area contributed by atoms with Crippen LogP contribution in [0.4, 0.5) is 4.79 Å². The monoisotopic (exact) mass is 568 g/mol. The van der Waals surface area contributed by atoms with Gasteiger partial charge in [0, 0.05) is 68.5 Å². The number of hydrogen-bond acceptors (Lipinski definition) is 6. The van der Waals surface area contributed by atoms with Crippen molar-refractivity contribution in [2.45, 2.75) is 57.2 Å². The average Bonchev–Trinajstić information content (AvgIpc) is 3.48. The molecule has 3 heterocycles. The van der Waals surface area contributed by atoms with E-state index >= 15 is 0 Å². The van der Waals surface area contributed by atoms with Crippen LogP contribution in [-0.2, 0) is 17.8 Å². The van der Waals surface area contributed by atoms with E-state index in [0.29, 0.717) is 37.2 Å². The zero-order chi connectivity index (χ0) is 29.3. The summed E-state index contributed by atoms with van der Waals surface area (Å²) in [5.41, 5.74) is 3.10. The van der Waals surface area contributed by atoms with E-state index in [0.717, 1.165) is 36.9 Å². The van der Waals surface area contributed by atoms with Crippen molar-refractivity contribution in [1.82, 2.24) is 35.0 Å². The molecule has 0 radical (unpaired) electrons. The Morgan fingerprint density at radius 1 is 0.976 bits per heavy atom. The summed E-state index contributed by atoms with van der Waals surface area (Å²) < 4.78 is 2.01. The standard InChI is InChI=1S/C31H36N8O3/c32-18-23-6-8-24(9-7-23)20-38-22-34-19-27(38)12-15-35-29(40)28-21-37(30(41)25-10-13-33-14-11-25)16-17-39(28)31(42)36-26-4-2-1-3-5-26/h6-11,13-14,19,22,26,28H,1-5,12,15-17,20-21H2,(H,35,40)(H,36,42). The van der Waals surface area contributed by atoms with E-state index in [9.17, 15) is 14.4 Å². The summed E-state index contributed by atoms with van der Waals surface area (Å²) in [5.74, 6) is -0.478. The molecule has 2 aliphatic rings. The number of nitrogens with zero attached hydrogens (tertiary/aromatic N) is 6. The fraction of sp³-hybridized carbons (Fsp3) is 0.419. The molecule has 0 spiro atoms. The molecule has 1 aliphatic carbocycles. The maximum Gasteiger partial charge on any atom is 0.318 e. The van der Waals surface area contributed by atoms with Crippen LogP contribution in [0.1, 0.15) is 59.3 Å². The van der Waals surface area contributed by atoms with E-state index in [-0.39, 0.29) is 37.0 Å². The highest BCUT2D eigenvalue weighted by Crippen LogP contribution is 2.19. The lowest BCUT2D eigenvalue weighted by atomic mass is 9.95. The van der Waals surface area contributed by atoms with Gasteiger partial charge in [-0.2, -0.15) is 5.26 Å². The summed E-state index contributed by atoms with van der Waals surface area (Å²) >= 11 is 0. The zero-order valence-corrected chi connectivity index (χ0v) is 23.6. The lowest BCUT2D eigenvalue weighted by molar-refractivity contribution is -0.127. The Morgan fingerprint density at radius 3 is 2.48 bits per heavy atom. The molecule has 42 heavy (non-hydrogen) atoms. The summed E-state index contributed by atoms with van der Waals surface area (Å²) in [6, 6.07) is 11.9. The Bertz CT molecular complexity index is 1410. The van der Waals surface area contributed by atoms with Gasteiger partial charge in [-0.05, 0) is 42.7 Å². The second-order valence-corrected chi connectivity index (χ2v) is 10.8. The number of pyridine rings is 1. The molecule has 5 rings (SSSR count). The highest BCUT2D eigenvalue weighted by Gasteiger charge is 2.37. The number of urea groups is 1. The molecule has 218 valence electrons. The SMILES string of the molecule is N#Cc1ccc(Cn2cncc2CCNC(=O)C2CN(C(=O)c3ccncc3)CCN2C(=O)NC2CCCCC2)cc1. The van der Waals surface area contributed by atoms with Crippen LogP contribution in [-0.4, -0.2) is 80.4 Å². The second kappa shape index (κ2) is 13.8. The maximum atomic E-state index is 13.5. The van der Waals surface area contributed by atoms with Gasteiger partial charge in [-0.3, -0.25) is 14.6 Å². The molecular weight excluding hydrogens is 532 g/mol. The van der Waals surface area contributed by atoms with E-state index in [1.807, 2.05) is 16.7 Å². The van der Waals surface area contributed by atoms with Crippen molar-refractivity contribution in [3.05, 3.63) is 83.7 Å². The quantitative estimate of drug-likeness (QED) is 0.429. The van der Waals surface area contributed by atoms with Crippen LogP contribution in [0.25, 0.3) is 0 Å². The van der Waals surface area contributed by atoms with Crippen LogP contribution in [0, 0.1) is 11.3 Å². The molecule has 2 fully saturated rings. The fourth-order valence-electron chi connectivity index (χ4n) is 5.63. The summed E-state index contributed by atoms with van der Waals surface area (Å²) in [6.07, 6.45) is 12.4. The number of nitrogens with one attached hydrogen (secondary N) is 2. The van der Waals surface area contributed by atoms with E-state index < -0.39 is 6.04 Å². The number of rotatable bonds is 8. The number of benzene rings is 1. The van der Waals surface area contributed by atoms with Gasteiger partial charge in [-0.25, -0.2) is 9.78 Å². The number of amides is 4. The molecular formula is C31H36N8O3. The third kappa shape index (κ3) is 7.13. The third-order valence-corrected chi connectivity index (χ3v) is 8.01. The Balaban J connectivity index is 1.23. The first-order valence-corrected chi connectivity index (χ1v) is 14.5. The smallest absolute Gasteiger partial charge is 0.318 e. The first-order chi connectivity index (χ1) is 20.5. The lowest BCUT2D eigenvalue weighted by Gasteiger charge is -2.41. The predicted octanol–water partition coefficient (Wildman–Crippen LogP) is 2.73. The summed E-state index contributed by atoms with van der Waals surface area (Å²) in [7, 11) is 0. The van der Waals surface area contributed by atoms with Crippen molar-refractivity contribution in [2.75, 3.05) is 26.2 Å². The van der Waals surface area contributed by atoms with Gasteiger partial charge >= 0.3 is 6.03 Å². The third-order valence-electron chi connectivity index (χ3n) is 8.01. The van der Waals surface area contributed by atoms with Gasteiger partial charge in [0.1, 0.15) is 6.04 Å². The topological polar surface area (TPSA) is 136 Å². The minimum Gasteiger partial charge on any atom is -0.354 e. The van der Waals surface area contributed by atoms with E-state index in [1.54, 1.807) is 59.0 Å². The number of piperazine rings is 1. The molecule has 1 saturated heterocycles. The summed E-state index contributed by atoms with van der Waals surface area (Å²) in [5, 5.41) is 15.2. The Hall–Kier alpha value is -4.72. The van der Waals surface area contributed by atoms with Crippen molar-refractivity contribution >= 4 is 17.8 Å². The minimum absolute atomic E-state index is 0.113. The molecule has 11 heteroatoms. The Labute approximate surface area is 245 Å². The molecule has 1 aromatic carbocycles. The lowest BCUT2D eigenvalue weighted by Crippen LogP contribution is -2.64. The van der Waals surface area contributed by atoms with E-state index in [2.05, 4.69) is 26.7 Å². The number of imidazole rings is 1. The summed E-state index contributed by atoms with van der Waals surface area (Å²) in [4.78, 5) is 51.5. The molecule has 1 atom stereocenters. The van der Waals surface area contributed by atoms with Crippen LogP contribution in [0.5, 0.6) is 0 Å². The average molecular weight is 569 g/mol. The van der Waals surface area contributed by atoms with E-state index in [1.165, 1.54) is 6.42 Å². The fourth-order valence-corrected chi connectivity index (χ4v) is 5.63. The Kier molecular flexibility index (Phi) is 9.44. The van der Waals surface area contributed by atoms with Gasteiger partial charge < -0.3 is 25.0 Å². The van der Waals surface area contributed by atoms with Crippen LogP contribution in [0.15, 0.2) is 61.3 Å². The largest absolute Gasteiger partial charge is 0.354 e. The molecule has 3 aromatic rings. The highest BCUT2D eigenvalue weighted by molar-refractivity contribution is 5.95. The van der Waals surface area contributed by atoms with Gasteiger partial charge in [0.2, 0.25) is 5.91 Å². The molecule has 1 saturated carbocycles. The molecule has 1 aliphatic heterocycles. The van der Waals surface area contributed by atoms with Crippen molar-refractivity contribution in [2.24, 2.45) is 0 Å². The predicted molar refractivity (Wildman–Crippen MR) is 155 cm³/mol. The van der Waals surface area contributed by atoms with Crippen LogP contribution < -0.4 is 10.6 Å².